The number of nitrogens with one attached hydrogen (secondary N) is 2. The van der Waals surface area contributed by atoms with Crippen LogP contribution in [0.15, 0.2) is 12.3 Å². The quantitative estimate of drug-likeness (QED) is 0.795. The summed E-state index contributed by atoms with van der Waals surface area (Å²) in [6.45, 7) is 2.02. The molecule has 0 bridgehead atoms. The first-order valence-corrected chi connectivity index (χ1v) is 9.00. The first-order valence-electron chi connectivity index (χ1n) is 9.00. The Labute approximate surface area is 144 Å². The van der Waals surface area contributed by atoms with Gasteiger partial charge in [-0.3, -0.25) is 0 Å². The number of rotatable bonds is 5. The zero-order valence-corrected chi connectivity index (χ0v) is 14.0. The standard InChI is InChI=1S/C17H23F3N4O/c18-17(19,20)12-3-7-22-15(24-12)23-9-8-21-13-11-4-10-25-14(11)16(13)5-1-2-6-16/h3,7,11,13-14,21H,1-2,4-6,8-10H2,(H,22,23,24)/t11-,13+,14-/m0/s1. The molecule has 4 rings (SSSR count). The van der Waals surface area contributed by atoms with E-state index in [0.29, 0.717) is 31.2 Å². The Morgan fingerprint density at radius 3 is 2.80 bits per heavy atom. The van der Waals surface area contributed by atoms with E-state index in [1.807, 2.05) is 0 Å². The van der Waals surface area contributed by atoms with Gasteiger partial charge >= 0.3 is 6.18 Å². The van der Waals surface area contributed by atoms with Crippen LogP contribution in [0.3, 0.4) is 0 Å². The number of hydrogen-bond donors (Lipinski definition) is 2. The molecule has 0 amide bonds. The highest BCUT2D eigenvalue weighted by Crippen LogP contribution is 2.60. The molecule has 0 aromatic carbocycles. The van der Waals surface area contributed by atoms with Crippen LogP contribution >= 0.6 is 0 Å². The number of ether oxygens (including phenoxy) is 1. The second-order valence-electron chi connectivity index (χ2n) is 7.31. The maximum Gasteiger partial charge on any atom is 0.433 e. The third-order valence-electron chi connectivity index (χ3n) is 6.00. The maximum atomic E-state index is 12.7. The number of hydrogen-bond acceptors (Lipinski definition) is 5. The highest BCUT2D eigenvalue weighted by Gasteiger charge is 2.64. The van der Waals surface area contributed by atoms with E-state index in [1.165, 1.54) is 25.7 Å². The number of nitrogens with zero attached hydrogens (tertiary/aromatic N) is 2. The van der Waals surface area contributed by atoms with Gasteiger partial charge in [0.05, 0.1) is 6.10 Å². The summed E-state index contributed by atoms with van der Waals surface area (Å²) in [5.41, 5.74) is -0.638. The minimum absolute atomic E-state index is 0.0166. The Balaban J connectivity index is 1.30. The lowest BCUT2D eigenvalue weighted by Gasteiger charge is -2.57. The Bertz CT molecular complexity index is 618. The first-order chi connectivity index (χ1) is 12.0. The number of anilines is 1. The van der Waals surface area contributed by atoms with Crippen molar-refractivity contribution in [3.63, 3.8) is 0 Å². The molecule has 0 unspecified atom stereocenters. The van der Waals surface area contributed by atoms with Gasteiger partial charge < -0.3 is 15.4 Å². The number of halogens is 3. The lowest BCUT2D eigenvalue weighted by atomic mass is 9.54. The largest absolute Gasteiger partial charge is 0.433 e. The van der Waals surface area contributed by atoms with Gasteiger partial charge in [0.1, 0.15) is 5.69 Å². The molecule has 3 atom stereocenters. The lowest BCUT2D eigenvalue weighted by molar-refractivity contribution is -0.141. The minimum Gasteiger partial charge on any atom is -0.377 e. The van der Waals surface area contributed by atoms with Crippen LogP contribution in [0, 0.1) is 11.3 Å². The average molecular weight is 356 g/mol. The number of fused-ring (bicyclic) bond motifs is 2. The van der Waals surface area contributed by atoms with Gasteiger partial charge in [0.2, 0.25) is 5.95 Å². The fourth-order valence-corrected chi connectivity index (χ4v) is 5.01. The van der Waals surface area contributed by atoms with Crippen molar-refractivity contribution < 1.29 is 17.9 Å². The van der Waals surface area contributed by atoms with Crippen molar-refractivity contribution in [1.29, 1.82) is 0 Å². The Hall–Kier alpha value is -1.41. The molecule has 1 aromatic heterocycles. The number of aromatic nitrogens is 2. The van der Waals surface area contributed by atoms with Gasteiger partial charge in [0.25, 0.3) is 0 Å². The predicted molar refractivity (Wildman–Crippen MR) is 86.1 cm³/mol. The SMILES string of the molecule is FC(F)(F)c1ccnc(NCCN[C@@H]2[C@@H]3CCO[C@@H]3C23CCCC3)n1. The summed E-state index contributed by atoms with van der Waals surface area (Å²) in [5.74, 6) is 0.603. The maximum absolute atomic E-state index is 12.7. The van der Waals surface area contributed by atoms with E-state index in [4.69, 9.17) is 4.74 Å². The van der Waals surface area contributed by atoms with Crippen LogP contribution in [0.5, 0.6) is 0 Å². The molecular formula is C17H23F3N4O. The third kappa shape index (κ3) is 2.99. The monoisotopic (exact) mass is 356 g/mol. The first kappa shape index (κ1) is 17.0. The van der Waals surface area contributed by atoms with Crippen LogP contribution in [0.2, 0.25) is 0 Å². The highest BCUT2D eigenvalue weighted by molar-refractivity contribution is 5.26. The van der Waals surface area contributed by atoms with Crippen molar-refractivity contribution in [2.45, 2.75) is 50.4 Å². The third-order valence-corrected chi connectivity index (χ3v) is 6.00. The van der Waals surface area contributed by atoms with Crippen LogP contribution in [-0.4, -0.2) is 41.8 Å². The molecule has 3 aliphatic rings. The summed E-state index contributed by atoms with van der Waals surface area (Å²) in [7, 11) is 0. The molecule has 5 nitrogen and oxygen atoms in total. The molecular weight excluding hydrogens is 333 g/mol. The molecule has 8 heteroatoms. The summed E-state index contributed by atoms with van der Waals surface area (Å²) >= 11 is 0. The van der Waals surface area contributed by atoms with Crippen LogP contribution in [-0.2, 0) is 10.9 Å². The summed E-state index contributed by atoms with van der Waals surface area (Å²) in [5, 5.41) is 6.50. The average Bonchev–Trinajstić information content (AvgIpc) is 3.22. The molecule has 2 N–H and O–H groups in total. The topological polar surface area (TPSA) is 59.1 Å². The Morgan fingerprint density at radius 1 is 1.24 bits per heavy atom. The Kier molecular flexibility index (Phi) is 4.35. The second-order valence-corrected chi connectivity index (χ2v) is 7.31. The molecule has 3 fully saturated rings. The van der Waals surface area contributed by atoms with Crippen LogP contribution in [0.1, 0.15) is 37.8 Å². The van der Waals surface area contributed by atoms with Crippen molar-refractivity contribution in [3.8, 4) is 0 Å². The van der Waals surface area contributed by atoms with Crippen molar-refractivity contribution in [2.24, 2.45) is 11.3 Å². The van der Waals surface area contributed by atoms with E-state index in [9.17, 15) is 13.2 Å². The van der Waals surface area contributed by atoms with Crippen molar-refractivity contribution in [1.82, 2.24) is 15.3 Å². The van der Waals surface area contributed by atoms with E-state index < -0.39 is 11.9 Å². The molecule has 2 aliphatic carbocycles. The molecule has 2 heterocycles. The zero-order valence-electron chi connectivity index (χ0n) is 14.0. The predicted octanol–water partition coefficient (Wildman–Crippen LogP) is 2.84. The van der Waals surface area contributed by atoms with E-state index in [-0.39, 0.29) is 11.4 Å². The van der Waals surface area contributed by atoms with Gasteiger partial charge in [-0.25, -0.2) is 9.97 Å². The molecule has 0 radical (unpaired) electrons. The molecule has 1 saturated heterocycles. The summed E-state index contributed by atoms with van der Waals surface area (Å²) in [6, 6.07) is 1.34. The van der Waals surface area contributed by atoms with Crippen LogP contribution in [0.4, 0.5) is 19.1 Å². The number of alkyl halides is 3. The molecule has 2 saturated carbocycles. The van der Waals surface area contributed by atoms with E-state index >= 15 is 0 Å². The smallest absolute Gasteiger partial charge is 0.377 e. The fourth-order valence-electron chi connectivity index (χ4n) is 5.01. The molecule has 138 valence electrons. The van der Waals surface area contributed by atoms with Gasteiger partial charge in [0.15, 0.2) is 0 Å². The summed E-state index contributed by atoms with van der Waals surface area (Å²) < 4.78 is 44.0. The van der Waals surface area contributed by atoms with Crippen LogP contribution < -0.4 is 10.6 Å². The molecule has 25 heavy (non-hydrogen) atoms. The van der Waals surface area contributed by atoms with Gasteiger partial charge in [0, 0.05) is 43.3 Å². The van der Waals surface area contributed by atoms with Crippen molar-refractivity contribution >= 4 is 5.95 Å². The molecule has 1 aliphatic heterocycles. The lowest BCUT2D eigenvalue weighted by Crippen LogP contribution is -2.67. The second kappa shape index (κ2) is 6.39. The fraction of sp³-hybridized carbons (Fsp3) is 0.765. The van der Waals surface area contributed by atoms with Crippen molar-refractivity contribution in [2.75, 3.05) is 25.0 Å². The van der Waals surface area contributed by atoms with E-state index in [2.05, 4.69) is 20.6 Å². The Morgan fingerprint density at radius 2 is 2.04 bits per heavy atom. The molecule has 1 spiro atoms. The molecule has 1 aromatic rings. The van der Waals surface area contributed by atoms with Gasteiger partial charge in [-0.05, 0) is 25.3 Å². The zero-order chi connectivity index (χ0) is 17.5. The summed E-state index contributed by atoms with van der Waals surface area (Å²) in [4.78, 5) is 7.38. The van der Waals surface area contributed by atoms with E-state index in [1.54, 1.807) is 0 Å². The summed E-state index contributed by atoms with van der Waals surface area (Å²) in [6.07, 6.45) is 3.16. The van der Waals surface area contributed by atoms with Gasteiger partial charge in [-0.1, -0.05) is 12.8 Å². The highest BCUT2D eigenvalue weighted by atomic mass is 19.4. The van der Waals surface area contributed by atoms with Gasteiger partial charge in [-0.2, -0.15) is 13.2 Å². The van der Waals surface area contributed by atoms with Gasteiger partial charge in [-0.15, -0.1) is 0 Å². The van der Waals surface area contributed by atoms with Crippen molar-refractivity contribution in [3.05, 3.63) is 18.0 Å². The minimum atomic E-state index is -4.45. The van der Waals surface area contributed by atoms with E-state index in [0.717, 1.165) is 25.3 Å². The van der Waals surface area contributed by atoms with Crippen LogP contribution in [0.25, 0.3) is 0 Å². The normalized spacial score (nSPS) is 30.3.